The second-order valence-electron chi connectivity index (χ2n) is 2.73. The Bertz CT molecular complexity index is 262. The van der Waals surface area contributed by atoms with Gasteiger partial charge in [0.15, 0.2) is 6.67 Å². The largest absolute Gasteiger partial charge is 0.633 e. The van der Waals surface area contributed by atoms with E-state index in [0.29, 0.717) is 13.2 Å². The lowest BCUT2D eigenvalue weighted by Gasteiger charge is -2.29. The van der Waals surface area contributed by atoms with Crippen molar-refractivity contribution in [3.63, 3.8) is 0 Å². The first-order valence-corrected chi connectivity index (χ1v) is 3.70. The van der Waals surface area contributed by atoms with Gasteiger partial charge in [-0.15, -0.1) is 0 Å². The lowest BCUT2D eigenvalue weighted by atomic mass is 10.1. The SMILES string of the molecule is [O-][NH+]1CNc2ccccc2C1. The molecule has 58 valence electrons. The molecule has 11 heavy (non-hydrogen) atoms. The Labute approximate surface area is 65.2 Å². The van der Waals surface area contributed by atoms with Crippen molar-refractivity contribution in [1.29, 1.82) is 0 Å². The fourth-order valence-electron chi connectivity index (χ4n) is 1.32. The average molecular weight is 150 g/mol. The van der Waals surface area contributed by atoms with Gasteiger partial charge in [-0.25, -0.2) is 0 Å². The van der Waals surface area contributed by atoms with Crippen molar-refractivity contribution in [2.45, 2.75) is 6.54 Å². The maximum Gasteiger partial charge on any atom is 0.150 e. The average Bonchev–Trinajstić information content (AvgIpc) is 2.04. The number of benzene rings is 1. The number of nitrogens with one attached hydrogen (secondary N) is 2. The lowest BCUT2D eigenvalue weighted by molar-refractivity contribution is -0.860. The van der Waals surface area contributed by atoms with Crippen LogP contribution in [0.4, 0.5) is 5.69 Å². The zero-order valence-electron chi connectivity index (χ0n) is 6.13. The van der Waals surface area contributed by atoms with Crippen LogP contribution in [-0.4, -0.2) is 6.67 Å². The second kappa shape index (κ2) is 2.53. The van der Waals surface area contributed by atoms with Crippen molar-refractivity contribution in [3.8, 4) is 0 Å². The number of rotatable bonds is 0. The van der Waals surface area contributed by atoms with E-state index in [-0.39, 0.29) is 5.06 Å². The molecule has 2 rings (SSSR count). The molecule has 1 aliphatic heterocycles. The van der Waals surface area contributed by atoms with Gasteiger partial charge in [-0.1, -0.05) is 18.2 Å². The summed E-state index contributed by atoms with van der Waals surface area (Å²) in [5, 5.41) is 14.3. The summed E-state index contributed by atoms with van der Waals surface area (Å²) in [5.74, 6) is 0. The summed E-state index contributed by atoms with van der Waals surface area (Å²) in [6.45, 7) is 1.07. The summed E-state index contributed by atoms with van der Waals surface area (Å²) in [4.78, 5) is 0. The summed E-state index contributed by atoms with van der Waals surface area (Å²) < 4.78 is 0. The molecule has 0 spiro atoms. The van der Waals surface area contributed by atoms with E-state index in [9.17, 15) is 5.21 Å². The Kier molecular flexibility index (Phi) is 1.52. The van der Waals surface area contributed by atoms with E-state index in [0.717, 1.165) is 11.3 Å². The van der Waals surface area contributed by atoms with Gasteiger partial charge in [0.05, 0.1) is 0 Å². The normalized spacial score (nSPS) is 22.1. The number of quaternary nitrogens is 1. The molecule has 0 amide bonds. The molecule has 0 radical (unpaired) electrons. The van der Waals surface area contributed by atoms with E-state index in [1.165, 1.54) is 0 Å². The second-order valence-corrected chi connectivity index (χ2v) is 2.73. The van der Waals surface area contributed by atoms with Gasteiger partial charge in [0.1, 0.15) is 6.54 Å². The Morgan fingerprint density at radius 2 is 2.18 bits per heavy atom. The van der Waals surface area contributed by atoms with Gasteiger partial charge in [-0.3, -0.25) is 0 Å². The van der Waals surface area contributed by atoms with Crippen LogP contribution in [0.15, 0.2) is 24.3 Å². The highest BCUT2D eigenvalue weighted by Gasteiger charge is 2.10. The molecule has 2 N–H and O–H groups in total. The minimum atomic E-state index is 0.267. The van der Waals surface area contributed by atoms with E-state index in [4.69, 9.17) is 0 Å². The van der Waals surface area contributed by atoms with Crippen LogP contribution >= 0.6 is 0 Å². The third-order valence-corrected chi connectivity index (χ3v) is 1.88. The van der Waals surface area contributed by atoms with Gasteiger partial charge in [-0.05, 0) is 6.07 Å². The van der Waals surface area contributed by atoms with Crippen LogP contribution in [0.25, 0.3) is 0 Å². The van der Waals surface area contributed by atoms with E-state index in [1.807, 2.05) is 24.3 Å². The van der Waals surface area contributed by atoms with E-state index in [1.54, 1.807) is 0 Å². The van der Waals surface area contributed by atoms with E-state index in [2.05, 4.69) is 5.32 Å². The monoisotopic (exact) mass is 150 g/mol. The van der Waals surface area contributed by atoms with Crippen LogP contribution in [0.2, 0.25) is 0 Å². The summed E-state index contributed by atoms with van der Waals surface area (Å²) in [7, 11) is 0. The predicted molar refractivity (Wildman–Crippen MR) is 43.0 cm³/mol. The van der Waals surface area contributed by atoms with Crippen LogP contribution in [0.3, 0.4) is 0 Å². The zero-order valence-corrected chi connectivity index (χ0v) is 6.13. The molecule has 0 aliphatic carbocycles. The van der Waals surface area contributed by atoms with Crippen molar-refractivity contribution in [1.82, 2.24) is 0 Å². The van der Waals surface area contributed by atoms with E-state index >= 15 is 0 Å². The van der Waals surface area contributed by atoms with Gasteiger partial charge in [0, 0.05) is 11.3 Å². The number of hydrogen-bond acceptors (Lipinski definition) is 2. The van der Waals surface area contributed by atoms with Crippen LogP contribution in [0.5, 0.6) is 0 Å². The fourth-order valence-corrected chi connectivity index (χ4v) is 1.32. The third-order valence-electron chi connectivity index (χ3n) is 1.88. The fraction of sp³-hybridized carbons (Fsp3) is 0.250. The Morgan fingerprint density at radius 1 is 1.36 bits per heavy atom. The molecule has 1 aromatic rings. The van der Waals surface area contributed by atoms with Gasteiger partial charge >= 0.3 is 0 Å². The molecule has 1 atom stereocenters. The van der Waals surface area contributed by atoms with Crippen molar-refractivity contribution < 1.29 is 5.06 Å². The summed E-state index contributed by atoms with van der Waals surface area (Å²) in [5.41, 5.74) is 2.22. The molecular weight excluding hydrogens is 140 g/mol. The molecule has 1 aliphatic rings. The highest BCUT2D eigenvalue weighted by molar-refractivity contribution is 5.51. The zero-order chi connectivity index (χ0) is 7.68. The van der Waals surface area contributed by atoms with E-state index < -0.39 is 0 Å². The van der Waals surface area contributed by atoms with Crippen LogP contribution in [0.1, 0.15) is 5.56 Å². The Balaban J connectivity index is 2.34. The molecular formula is C8H10N2O. The molecule has 0 bridgehead atoms. The molecule has 0 aromatic heterocycles. The van der Waals surface area contributed by atoms with Crippen molar-refractivity contribution in [3.05, 3.63) is 35.0 Å². The van der Waals surface area contributed by atoms with Gasteiger partial charge in [-0.2, -0.15) is 0 Å². The standard InChI is InChI=1S/C8H10N2O/c11-10-5-7-3-1-2-4-8(7)9-6-10/h1-4,9-10H,5-6H2. The number of hydrogen-bond donors (Lipinski definition) is 2. The first kappa shape index (κ1) is 6.64. The van der Waals surface area contributed by atoms with Gasteiger partial charge in [0.2, 0.25) is 0 Å². The number of fused-ring (bicyclic) bond motifs is 1. The van der Waals surface area contributed by atoms with Crippen LogP contribution in [-0.2, 0) is 6.54 Å². The molecule has 1 heterocycles. The quantitative estimate of drug-likeness (QED) is 0.509. The Morgan fingerprint density at radius 3 is 3.09 bits per heavy atom. The lowest BCUT2D eigenvalue weighted by Crippen LogP contribution is -3.07. The highest BCUT2D eigenvalue weighted by Crippen LogP contribution is 2.14. The van der Waals surface area contributed by atoms with Gasteiger partial charge in [0.25, 0.3) is 0 Å². The highest BCUT2D eigenvalue weighted by atomic mass is 16.5. The molecule has 1 aromatic carbocycles. The maximum atomic E-state index is 11.0. The minimum Gasteiger partial charge on any atom is -0.633 e. The first-order chi connectivity index (χ1) is 5.36. The molecule has 0 saturated heterocycles. The topological polar surface area (TPSA) is 39.5 Å². The number of para-hydroxylation sites is 1. The summed E-state index contributed by atoms with van der Waals surface area (Å²) >= 11 is 0. The maximum absolute atomic E-state index is 11.0. The van der Waals surface area contributed by atoms with Crippen molar-refractivity contribution >= 4 is 5.69 Å². The summed E-state index contributed by atoms with van der Waals surface area (Å²) in [6, 6.07) is 7.92. The third kappa shape index (κ3) is 1.20. The molecule has 0 saturated carbocycles. The van der Waals surface area contributed by atoms with Gasteiger partial charge < -0.3 is 15.6 Å². The molecule has 3 nitrogen and oxygen atoms in total. The van der Waals surface area contributed by atoms with Crippen molar-refractivity contribution in [2.24, 2.45) is 0 Å². The molecule has 3 heteroatoms. The van der Waals surface area contributed by atoms with Crippen molar-refractivity contribution in [2.75, 3.05) is 12.0 Å². The van der Waals surface area contributed by atoms with Crippen LogP contribution < -0.4 is 10.4 Å². The minimum absolute atomic E-state index is 0.267. The summed E-state index contributed by atoms with van der Waals surface area (Å²) in [6.07, 6.45) is 0. The Hall–Kier alpha value is -1.06. The van der Waals surface area contributed by atoms with Crippen LogP contribution in [0, 0.1) is 5.21 Å². The molecule has 1 unspecified atom stereocenters. The smallest absolute Gasteiger partial charge is 0.150 e. The number of hydroxylamine groups is 2. The number of anilines is 1. The first-order valence-electron chi connectivity index (χ1n) is 3.70. The molecule has 0 fully saturated rings. The predicted octanol–water partition coefficient (Wildman–Crippen LogP) is -0.0477.